The SMILES string of the molecule is Cc1ccc(C(=O)NC2(C)CCCCC2C(=O)O)cc1F. The van der Waals surface area contributed by atoms with E-state index in [0.717, 1.165) is 12.8 Å². The third kappa shape index (κ3) is 3.23. The molecule has 4 nitrogen and oxygen atoms in total. The summed E-state index contributed by atoms with van der Waals surface area (Å²) in [5, 5.41) is 12.1. The van der Waals surface area contributed by atoms with Gasteiger partial charge in [0.15, 0.2) is 0 Å². The van der Waals surface area contributed by atoms with Crippen molar-refractivity contribution in [2.24, 2.45) is 5.92 Å². The maximum Gasteiger partial charge on any atom is 0.308 e. The Kier molecular flexibility index (Phi) is 4.30. The second-order valence-corrected chi connectivity index (χ2v) is 5.97. The summed E-state index contributed by atoms with van der Waals surface area (Å²) in [5.74, 6) is -2.37. The first kappa shape index (κ1) is 15.5. The van der Waals surface area contributed by atoms with Gasteiger partial charge >= 0.3 is 5.97 Å². The second-order valence-electron chi connectivity index (χ2n) is 5.97. The quantitative estimate of drug-likeness (QED) is 0.900. The van der Waals surface area contributed by atoms with Crippen LogP contribution in [0.2, 0.25) is 0 Å². The maximum atomic E-state index is 13.5. The number of carbonyl (C=O) groups is 2. The highest BCUT2D eigenvalue weighted by atomic mass is 19.1. The molecule has 1 aromatic rings. The second kappa shape index (κ2) is 5.84. The van der Waals surface area contributed by atoms with Gasteiger partial charge in [0.1, 0.15) is 5.82 Å². The zero-order chi connectivity index (χ0) is 15.6. The summed E-state index contributed by atoms with van der Waals surface area (Å²) in [4.78, 5) is 23.7. The van der Waals surface area contributed by atoms with Crippen molar-refractivity contribution in [3.63, 3.8) is 0 Å². The lowest BCUT2D eigenvalue weighted by Gasteiger charge is -2.39. The molecule has 1 aliphatic rings. The topological polar surface area (TPSA) is 66.4 Å². The van der Waals surface area contributed by atoms with Gasteiger partial charge in [0.2, 0.25) is 0 Å². The van der Waals surface area contributed by atoms with E-state index in [4.69, 9.17) is 0 Å². The minimum absolute atomic E-state index is 0.217. The first-order chi connectivity index (χ1) is 9.83. The van der Waals surface area contributed by atoms with Gasteiger partial charge in [0, 0.05) is 5.56 Å². The summed E-state index contributed by atoms with van der Waals surface area (Å²) in [6.45, 7) is 3.38. The van der Waals surface area contributed by atoms with Gasteiger partial charge < -0.3 is 10.4 Å². The molecule has 1 fully saturated rings. The molecule has 2 rings (SSSR count). The summed E-state index contributed by atoms with van der Waals surface area (Å²) in [6.07, 6.45) is 2.89. The van der Waals surface area contributed by atoms with Gasteiger partial charge in [-0.2, -0.15) is 0 Å². The van der Waals surface area contributed by atoms with Crippen molar-refractivity contribution in [2.45, 2.75) is 45.1 Å². The van der Waals surface area contributed by atoms with Crippen molar-refractivity contribution < 1.29 is 19.1 Å². The van der Waals surface area contributed by atoms with E-state index in [1.807, 2.05) is 0 Å². The minimum Gasteiger partial charge on any atom is -0.481 e. The van der Waals surface area contributed by atoms with Crippen LogP contribution in [0, 0.1) is 18.7 Å². The van der Waals surface area contributed by atoms with Gasteiger partial charge in [0.05, 0.1) is 11.5 Å². The molecule has 1 aromatic carbocycles. The van der Waals surface area contributed by atoms with Crippen LogP contribution < -0.4 is 5.32 Å². The number of rotatable bonds is 3. The van der Waals surface area contributed by atoms with Crippen molar-refractivity contribution in [3.8, 4) is 0 Å². The molecule has 2 unspecified atom stereocenters. The van der Waals surface area contributed by atoms with Crippen LogP contribution in [0.3, 0.4) is 0 Å². The lowest BCUT2D eigenvalue weighted by atomic mass is 9.73. The van der Waals surface area contributed by atoms with Crippen LogP contribution in [0.25, 0.3) is 0 Å². The number of hydrogen-bond donors (Lipinski definition) is 2. The molecular weight excluding hydrogens is 273 g/mol. The zero-order valence-electron chi connectivity index (χ0n) is 12.3. The van der Waals surface area contributed by atoms with Gasteiger partial charge in [-0.3, -0.25) is 9.59 Å². The van der Waals surface area contributed by atoms with Gasteiger partial charge in [-0.15, -0.1) is 0 Å². The molecule has 1 saturated carbocycles. The van der Waals surface area contributed by atoms with Crippen molar-refractivity contribution in [3.05, 3.63) is 35.1 Å². The Morgan fingerprint density at radius 1 is 1.38 bits per heavy atom. The molecule has 2 atom stereocenters. The van der Waals surface area contributed by atoms with Crippen molar-refractivity contribution in [1.82, 2.24) is 5.32 Å². The number of halogens is 1. The predicted octanol–water partition coefficient (Wildman–Crippen LogP) is 2.90. The van der Waals surface area contributed by atoms with Crippen molar-refractivity contribution in [1.29, 1.82) is 0 Å². The molecule has 0 saturated heterocycles. The Balaban J connectivity index is 2.20. The number of hydrogen-bond acceptors (Lipinski definition) is 2. The molecule has 1 aliphatic carbocycles. The Morgan fingerprint density at radius 3 is 2.71 bits per heavy atom. The first-order valence-corrected chi connectivity index (χ1v) is 7.15. The van der Waals surface area contributed by atoms with E-state index >= 15 is 0 Å². The van der Waals surface area contributed by atoms with Crippen LogP contribution in [0.4, 0.5) is 4.39 Å². The molecule has 0 bridgehead atoms. The summed E-state index contributed by atoms with van der Waals surface area (Å²) in [6, 6.07) is 4.28. The van der Waals surface area contributed by atoms with Gasteiger partial charge in [0.25, 0.3) is 5.91 Å². The Bertz CT molecular complexity index is 573. The molecule has 114 valence electrons. The minimum atomic E-state index is -0.896. The molecule has 0 heterocycles. The van der Waals surface area contributed by atoms with Crippen LogP contribution in [0.5, 0.6) is 0 Å². The van der Waals surface area contributed by atoms with E-state index in [9.17, 15) is 19.1 Å². The third-order valence-electron chi connectivity index (χ3n) is 4.34. The van der Waals surface area contributed by atoms with Gasteiger partial charge in [-0.25, -0.2) is 4.39 Å². The summed E-state index contributed by atoms with van der Waals surface area (Å²) >= 11 is 0. The number of aliphatic carboxylic acids is 1. The van der Waals surface area contributed by atoms with E-state index < -0.39 is 29.2 Å². The lowest BCUT2D eigenvalue weighted by Crippen LogP contribution is -2.55. The van der Waals surface area contributed by atoms with E-state index in [-0.39, 0.29) is 5.56 Å². The van der Waals surface area contributed by atoms with Gasteiger partial charge in [-0.1, -0.05) is 18.9 Å². The number of carboxylic acids is 1. The summed E-state index contributed by atoms with van der Waals surface area (Å²) < 4.78 is 13.5. The zero-order valence-corrected chi connectivity index (χ0v) is 12.3. The van der Waals surface area contributed by atoms with E-state index in [1.165, 1.54) is 6.07 Å². The molecule has 1 amide bonds. The Hall–Kier alpha value is -1.91. The molecule has 2 N–H and O–H groups in total. The monoisotopic (exact) mass is 293 g/mol. The Morgan fingerprint density at radius 2 is 2.10 bits per heavy atom. The largest absolute Gasteiger partial charge is 0.481 e. The summed E-state index contributed by atoms with van der Waals surface area (Å²) in [5.41, 5.74) is -0.101. The van der Waals surface area contributed by atoms with Gasteiger partial charge in [-0.05, 0) is 44.4 Å². The summed E-state index contributed by atoms with van der Waals surface area (Å²) in [7, 11) is 0. The average Bonchev–Trinajstić information content (AvgIpc) is 2.41. The van der Waals surface area contributed by atoms with E-state index in [0.29, 0.717) is 18.4 Å². The van der Waals surface area contributed by atoms with Crippen LogP contribution in [-0.4, -0.2) is 22.5 Å². The number of carboxylic acid groups (broad SMARTS) is 1. The third-order valence-corrected chi connectivity index (χ3v) is 4.34. The number of aryl methyl sites for hydroxylation is 1. The fourth-order valence-electron chi connectivity index (χ4n) is 2.94. The number of nitrogens with one attached hydrogen (secondary N) is 1. The molecule has 0 radical (unpaired) electrons. The van der Waals surface area contributed by atoms with Crippen LogP contribution in [0.1, 0.15) is 48.5 Å². The van der Waals surface area contributed by atoms with Crippen LogP contribution in [-0.2, 0) is 4.79 Å². The molecule has 0 aromatic heterocycles. The molecule has 0 spiro atoms. The smallest absolute Gasteiger partial charge is 0.308 e. The molecule has 21 heavy (non-hydrogen) atoms. The van der Waals surface area contributed by atoms with E-state index in [1.54, 1.807) is 26.0 Å². The first-order valence-electron chi connectivity index (χ1n) is 7.15. The fourth-order valence-corrected chi connectivity index (χ4v) is 2.94. The van der Waals surface area contributed by atoms with Crippen LogP contribution >= 0.6 is 0 Å². The number of amides is 1. The highest BCUT2D eigenvalue weighted by Crippen LogP contribution is 2.34. The number of benzene rings is 1. The van der Waals surface area contributed by atoms with Crippen LogP contribution in [0.15, 0.2) is 18.2 Å². The lowest BCUT2D eigenvalue weighted by molar-refractivity contribution is -0.145. The standard InChI is InChI=1S/C16H20FNO3/c1-10-6-7-11(9-13(10)17)14(19)18-16(2)8-4-3-5-12(16)15(20)21/h6-7,9,12H,3-5,8H2,1-2H3,(H,18,19)(H,20,21). The maximum absolute atomic E-state index is 13.5. The normalized spacial score (nSPS) is 25.4. The number of carbonyl (C=O) groups excluding carboxylic acids is 1. The molecule has 0 aliphatic heterocycles. The van der Waals surface area contributed by atoms with Crippen molar-refractivity contribution in [2.75, 3.05) is 0 Å². The fraction of sp³-hybridized carbons (Fsp3) is 0.500. The highest BCUT2D eigenvalue weighted by Gasteiger charge is 2.42. The predicted molar refractivity (Wildman–Crippen MR) is 76.6 cm³/mol. The average molecular weight is 293 g/mol. The van der Waals surface area contributed by atoms with Crippen molar-refractivity contribution >= 4 is 11.9 Å². The Labute approximate surface area is 123 Å². The molecule has 5 heteroatoms. The molecular formula is C16H20FNO3. The highest BCUT2D eigenvalue weighted by molar-refractivity contribution is 5.95. The van der Waals surface area contributed by atoms with E-state index in [2.05, 4.69) is 5.32 Å².